The summed E-state index contributed by atoms with van der Waals surface area (Å²) in [6.07, 6.45) is -4.76. The number of hydrogen-bond donors (Lipinski definition) is 1. The van der Waals surface area contributed by atoms with Gasteiger partial charge >= 0.3 is 6.18 Å². The van der Waals surface area contributed by atoms with Gasteiger partial charge in [-0.3, -0.25) is 4.90 Å². The van der Waals surface area contributed by atoms with Crippen LogP contribution in [0.3, 0.4) is 0 Å². The van der Waals surface area contributed by atoms with Crippen molar-refractivity contribution in [2.45, 2.75) is 12.2 Å². The molecule has 0 spiro atoms. The first-order valence-corrected chi connectivity index (χ1v) is 6.80. The highest BCUT2D eigenvalue weighted by Crippen LogP contribution is 2.40. The molecule has 2 rings (SSSR count). The van der Waals surface area contributed by atoms with Crippen molar-refractivity contribution in [2.24, 2.45) is 0 Å². The lowest BCUT2D eigenvalue weighted by Crippen LogP contribution is -2.46. The van der Waals surface area contributed by atoms with Gasteiger partial charge in [0.1, 0.15) is 12.5 Å². The van der Waals surface area contributed by atoms with Crippen LogP contribution >= 0.6 is 36.4 Å². The molecule has 1 saturated heterocycles. The maximum absolute atomic E-state index is 14.1. The van der Waals surface area contributed by atoms with E-state index in [0.29, 0.717) is 32.2 Å². The molecule has 1 N–H and O–H groups in total. The number of piperazine rings is 1. The summed E-state index contributed by atoms with van der Waals surface area (Å²) in [5.74, 6) is -1.20. The smallest absolute Gasteiger partial charge is 0.314 e. The fraction of sp³-hybridized carbons (Fsp3) is 0.538. The van der Waals surface area contributed by atoms with Crippen LogP contribution in [0.5, 0.6) is 0 Å². The second-order valence-electron chi connectivity index (χ2n) is 4.78. The lowest BCUT2D eigenvalue weighted by molar-refractivity contribution is -0.139. The molecule has 0 saturated carbocycles. The van der Waals surface area contributed by atoms with E-state index < -0.39 is 40.9 Å². The lowest BCUT2D eigenvalue weighted by atomic mass is 9.98. The van der Waals surface area contributed by atoms with E-state index in [1.54, 1.807) is 0 Å². The molecule has 0 unspecified atom stereocenters. The summed E-state index contributed by atoms with van der Waals surface area (Å²) in [5.41, 5.74) is -1.88. The minimum Gasteiger partial charge on any atom is -0.314 e. The Kier molecular flexibility index (Phi) is 9.09. The molecule has 1 aliphatic heterocycles. The third-order valence-corrected chi connectivity index (χ3v) is 3.80. The summed E-state index contributed by atoms with van der Waals surface area (Å²) >= 11 is 5.58. The molecular formula is C13H16Cl3F5N2. The molecular weight excluding hydrogens is 386 g/mol. The van der Waals surface area contributed by atoms with Crippen LogP contribution in [-0.2, 0) is 6.18 Å². The summed E-state index contributed by atoms with van der Waals surface area (Å²) in [4.78, 5) is 1.50. The zero-order chi connectivity index (χ0) is 15.6. The Labute approximate surface area is 148 Å². The van der Waals surface area contributed by atoms with Gasteiger partial charge in [0, 0.05) is 31.7 Å². The Hall–Kier alpha value is -0.340. The van der Waals surface area contributed by atoms with E-state index in [0.717, 1.165) is 6.07 Å². The Bertz CT molecular complexity index is 507. The largest absolute Gasteiger partial charge is 0.416 e. The van der Waals surface area contributed by atoms with E-state index in [1.807, 2.05) is 0 Å². The predicted molar refractivity (Wildman–Crippen MR) is 84.1 cm³/mol. The van der Waals surface area contributed by atoms with E-state index in [9.17, 15) is 22.0 Å². The normalized spacial score (nSPS) is 17.1. The van der Waals surface area contributed by atoms with Crippen molar-refractivity contribution in [3.05, 3.63) is 34.1 Å². The van der Waals surface area contributed by atoms with Gasteiger partial charge in [-0.05, 0) is 12.1 Å². The standard InChI is InChI=1S/C13H14ClF5N2.2ClH/c14-9-2-1-8(13(17,18)19)11(12(9)16)10(7-15)21-5-3-20-4-6-21;;/h1-2,10,20H,3-7H2;2*1H/t10-;;/m1../s1. The molecule has 1 fully saturated rings. The molecule has 0 aromatic heterocycles. The lowest BCUT2D eigenvalue weighted by Gasteiger charge is -2.35. The van der Waals surface area contributed by atoms with Crippen LogP contribution in [0.2, 0.25) is 5.02 Å². The number of rotatable bonds is 3. The van der Waals surface area contributed by atoms with Gasteiger partial charge in [0.15, 0.2) is 0 Å². The Morgan fingerprint density at radius 3 is 2.22 bits per heavy atom. The number of nitrogens with zero attached hydrogens (tertiary/aromatic N) is 1. The number of halogens is 8. The van der Waals surface area contributed by atoms with E-state index in [2.05, 4.69) is 5.32 Å². The zero-order valence-corrected chi connectivity index (χ0v) is 14.2. The van der Waals surface area contributed by atoms with Crippen LogP contribution in [0.15, 0.2) is 12.1 Å². The van der Waals surface area contributed by atoms with Gasteiger partial charge in [-0.25, -0.2) is 8.78 Å². The monoisotopic (exact) mass is 400 g/mol. The number of hydrogen-bond acceptors (Lipinski definition) is 2. The summed E-state index contributed by atoms with van der Waals surface area (Å²) in [7, 11) is 0. The molecule has 1 aromatic carbocycles. The third kappa shape index (κ3) is 5.06. The fourth-order valence-electron chi connectivity index (χ4n) is 2.49. The first-order chi connectivity index (χ1) is 9.86. The van der Waals surface area contributed by atoms with E-state index >= 15 is 0 Å². The van der Waals surface area contributed by atoms with Gasteiger partial charge in [-0.2, -0.15) is 13.2 Å². The Morgan fingerprint density at radius 2 is 1.74 bits per heavy atom. The van der Waals surface area contributed by atoms with Crippen molar-refractivity contribution in [3.63, 3.8) is 0 Å². The summed E-state index contributed by atoms with van der Waals surface area (Å²) < 4.78 is 66.7. The molecule has 134 valence electrons. The average molecular weight is 402 g/mol. The first-order valence-electron chi connectivity index (χ1n) is 6.42. The van der Waals surface area contributed by atoms with Gasteiger partial charge in [-0.1, -0.05) is 11.6 Å². The number of benzene rings is 1. The van der Waals surface area contributed by atoms with Crippen LogP contribution in [-0.4, -0.2) is 37.8 Å². The Morgan fingerprint density at radius 1 is 1.17 bits per heavy atom. The highest BCUT2D eigenvalue weighted by atomic mass is 35.5. The molecule has 10 heteroatoms. The van der Waals surface area contributed by atoms with Crippen LogP contribution < -0.4 is 5.32 Å². The topological polar surface area (TPSA) is 15.3 Å². The molecule has 1 atom stereocenters. The summed E-state index contributed by atoms with van der Waals surface area (Å²) in [5, 5.41) is 2.57. The minimum absolute atomic E-state index is 0. The van der Waals surface area contributed by atoms with Crippen molar-refractivity contribution in [1.29, 1.82) is 0 Å². The molecule has 0 amide bonds. The molecule has 0 aliphatic carbocycles. The zero-order valence-electron chi connectivity index (χ0n) is 11.8. The second kappa shape index (κ2) is 9.22. The Balaban J connectivity index is 0.00000242. The minimum atomic E-state index is -4.76. The van der Waals surface area contributed by atoms with Crippen LogP contribution in [0.4, 0.5) is 22.0 Å². The van der Waals surface area contributed by atoms with Gasteiger partial charge in [0.05, 0.1) is 16.6 Å². The SMILES string of the molecule is Cl.Cl.FC[C@H](c1c(C(F)(F)F)ccc(Cl)c1F)N1CCNCC1. The van der Waals surface area contributed by atoms with Crippen LogP contribution in [0.1, 0.15) is 17.2 Å². The number of nitrogens with one attached hydrogen (secondary N) is 1. The van der Waals surface area contributed by atoms with Gasteiger partial charge in [0.25, 0.3) is 0 Å². The van der Waals surface area contributed by atoms with Crippen LogP contribution in [0.25, 0.3) is 0 Å². The van der Waals surface area contributed by atoms with Crippen molar-refractivity contribution in [2.75, 3.05) is 32.9 Å². The maximum Gasteiger partial charge on any atom is 0.416 e. The average Bonchev–Trinajstić information content (AvgIpc) is 2.44. The van der Waals surface area contributed by atoms with Crippen molar-refractivity contribution in [3.8, 4) is 0 Å². The molecule has 1 aliphatic rings. The first kappa shape index (κ1) is 22.7. The maximum atomic E-state index is 14.1. The highest BCUT2D eigenvalue weighted by molar-refractivity contribution is 6.30. The quantitative estimate of drug-likeness (QED) is 0.762. The molecule has 1 aromatic rings. The van der Waals surface area contributed by atoms with E-state index in [4.69, 9.17) is 11.6 Å². The third-order valence-electron chi connectivity index (χ3n) is 3.51. The molecule has 0 radical (unpaired) electrons. The van der Waals surface area contributed by atoms with Gasteiger partial charge in [-0.15, -0.1) is 24.8 Å². The molecule has 23 heavy (non-hydrogen) atoms. The van der Waals surface area contributed by atoms with E-state index in [1.165, 1.54) is 4.90 Å². The molecule has 1 heterocycles. The fourth-order valence-corrected chi connectivity index (χ4v) is 2.66. The van der Waals surface area contributed by atoms with Crippen molar-refractivity contribution >= 4 is 36.4 Å². The van der Waals surface area contributed by atoms with Gasteiger partial charge in [0.2, 0.25) is 0 Å². The van der Waals surface area contributed by atoms with Crippen molar-refractivity contribution < 1.29 is 22.0 Å². The van der Waals surface area contributed by atoms with Crippen molar-refractivity contribution in [1.82, 2.24) is 10.2 Å². The van der Waals surface area contributed by atoms with Gasteiger partial charge < -0.3 is 5.32 Å². The van der Waals surface area contributed by atoms with Crippen LogP contribution in [0, 0.1) is 5.82 Å². The second-order valence-corrected chi connectivity index (χ2v) is 5.18. The van der Waals surface area contributed by atoms with E-state index in [-0.39, 0.29) is 24.8 Å². The molecule has 0 bridgehead atoms. The summed E-state index contributed by atoms with van der Waals surface area (Å²) in [6, 6.07) is 0.254. The predicted octanol–water partition coefficient (Wildman–Crippen LogP) is 4.26. The summed E-state index contributed by atoms with van der Waals surface area (Å²) in [6.45, 7) is 0.607. The highest BCUT2D eigenvalue weighted by Gasteiger charge is 2.39. The molecule has 2 nitrogen and oxygen atoms in total. The number of alkyl halides is 4.